The number of fused-ring (bicyclic) bond motifs is 1. The predicted octanol–water partition coefficient (Wildman–Crippen LogP) is -1.61. The minimum absolute atomic E-state index is 0.0490. The number of hydrogen-bond acceptors (Lipinski definition) is 5. The number of β-lactam (4-membered cyclic amide) rings is 1. The molecule has 0 aliphatic carbocycles. The molecular weight excluding hydrogens is 302 g/mol. The van der Waals surface area contributed by atoms with Gasteiger partial charge in [-0.15, -0.1) is 0 Å². The number of rotatable bonds is 3. The highest BCUT2D eigenvalue weighted by molar-refractivity contribution is 8.02. The smallest absolute Gasteiger partial charge is 0.342 e. The predicted molar refractivity (Wildman–Crippen MR) is 69.6 cm³/mol. The second-order valence-electron chi connectivity index (χ2n) is 4.95. The number of nitrogens with zero attached hydrogens (tertiary/aromatic N) is 3. The van der Waals surface area contributed by atoms with E-state index in [0.717, 1.165) is 16.8 Å². The summed E-state index contributed by atoms with van der Waals surface area (Å²) in [5, 5.41) is 10.3. The van der Waals surface area contributed by atoms with Gasteiger partial charge in [0.25, 0.3) is 0 Å². The molecule has 3 fully saturated rings. The fourth-order valence-electron chi connectivity index (χ4n) is 2.70. The Kier molecular flexibility index (Phi) is 2.90. The molecule has 3 rings (SSSR count). The lowest BCUT2D eigenvalue weighted by Crippen LogP contribution is -2.58. The van der Waals surface area contributed by atoms with E-state index in [1.54, 1.807) is 0 Å². The number of hydrogen-bond donors (Lipinski definition) is 3. The first-order valence-electron chi connectivity index (χ1n) is 6.21. The number of aliphatic carboxylic acids is 1. The Labute approximate surface area is 123 Å². The lowest BCUT2D eigenvalue weighted by atomic mass is 10.1. The molecule has 4 N–H and O–H groups in total. The molecule has 0 spiro atoms. The van der Waals surface area contributed by atoms with Crippen LogP contribution in [0.15, 0.2) is 0 Å². The number of amides is 5. The first kappa shape index (κ1) is 13.8. The van der Waals surface area contributed by atoms with Gasteiger partial charge < -0.3 is 15.7 Å². The van der Waals surface area contributed by atoms with Gasteiger partial charge in [0.1, 0.15) is 0 Å². The largest absolute Gasteiger partial charge is 0.479 e. The first-order chi connectivity index (χ1) is 9.85. The molecule has 0 radical (unpaired) electrons. The molecule has 21 heavy (non-hydrogen) atoms. The van der Waals surface area contributed by atoms with Crippen LogP contribution in [0.1, 0.15) is 6.42 Å². The minimum Gasteiger partial charge on any atom is -0.479 e. The van der Waals surface area contributed by atoms with Crippen molar-refractivity contribution in [1.82, 2.24) is 20.2 Å². The highest BCUT2D eigenvalue weighted by Gasteiger charge is 2.62. The molecule has 0 aromatic heterocycles. The Morgan fingerprint density at radius 2 is 2.10 bits per heavy atom. The SMILES string of the molecule is NC(=O)NN1CCN(C2(C(=O)O)CN3C(=O)CC3S2)C1=O. The van der Waals surface area contributed by atoms with Crippen molar-refractivity contribution in [3.05, 3.63) is 0 Å². The van der Waals surface area contributed by atoms with Gasteiger partial charge in [-0.25, -0.2) is 24.8 Å². The first-order valence-corrected chi connectivity index (χ1v) is 7.09. The van der Waals surface area contributed by atoms with Crippen LogP contribution in [-0.4, -0.2) is 73.7 Å². The molecule has 114 valence electrons. The van der Waals surface area contributed by atoms with Gasteiger partial charge in [0.2, 0.25) is 10.8 Å². The van der Waals surface area contributed by atoms with Gasteiger partial charge in [0.15, 0.2) is 0 Å². The van der Waals surface area contributed by atoms with E-state index in [1.165, 1.54) is 9.80 Å². The number of carboxylic acids is 1. The van der Waals surface area contributed by atoms with E-state index >= 15 is 0 Å². The molecule has 0 aromatic carbocycles. The van der Waals surface area contributed by atoms with Crippen molar-refractivity contribution in [2.75, 3.05) is 19.6 Å². The maximum absolute atomic E-state index is 12.3. The monoisotopic (exact) mass is 315 g/mol. The van der Waals surface area contributed by atoms with Crippen LogP contribution in [0.4, 0.5) is 9.59 Å². The number of nitrogens with one attached hydrogen (secondary N) is 1. The van der Waals surface area contributed by atoms with E-state index in [9.17, 15) is 24.3 Å². The number of carboxylic acid groups (broad SMARTS) is 1. The van der Waals surface area contributed by atoms with E-state index in [0.29, 0.717) is 0 Å². The van der Waals surface area contributed by atoms with Crippen LogP contribution in [0, 0.1) is 0 Å². The number of hydrazine groups is 1. The van der Waals surface area contributed by atoms with Gasteiger partial charge in [-0.3, -0.25) is 9.69 Å². The summed E-state index contributed by atoms with van der Waals surface area (Å²) in [6.07, 6.45) is 0.283. The normalized spacial score (nSPS) is 31.2. The molecule has 0 saturated carbocycles. The molecule has 3 aliphatic rings. The van der Waals surface area contributed by atoms with E-state index in [1.807, 2.05) is 0 Å². The van der Waals surface area contributed by atoms with Crippen LogP contribution in [0.2, 0.25) is 0 Å². The Morgan fingerprint density at radius 3 is 2.62 bits per heavy atom. The average Bonchev–Trinajstić information content (AvgIpc) is 2.89. The molecule has 3 saturated heterocycles. The fraction of sp³-hybridized carbons (Fsp3) is 0.600. The number of nitrogens with two attached hydrogens (primary N) is 1. The fourth-order valence-corrected chi connectivity index (χ4v) is 4.31. The molecular formula is C10H13N5O5S. The maximum atomic E-state index is 12.3. The molecule has 0 aromatic rings. The van der Waals surface area contributed by atoms with Crippen LogP contribution >= 0.6 is 11.8 Å². The van der Waals surface area contributed by atoms with E-state index < -0.39 is 22.9 Å². The Bertz CT molecular complexity index is 556. The van der Waals surface area contributed by atoms with Crippen molar-refractivity contribution >= 4 is 35.7 Å². The molecule has 2 atom stereocenters. The summed E-state index contributed by atoms with van der Waals surface area (Å²) < 4.78 is 0. The molecule has 0 bridgehead atoms. The molecule has 11 heteroatoms. The van der Waals surface area contributed by atoms with Gasteiger partial charge in [-0.1, -0.05) is 11.8 Å². The molecule has 3 aliphatic heterocycles. The van der Waals surface area contributed by atoms with Crippen molar-refractivity contribution in [2.24, 2.45) is 5.73 Å². The quantitative estimate of drug-likeness (QED) is 0.536. The van der Waals surface area contributed by atoms with Crippen LogP contribution in [-0.2, 0) is 9.59 Å². The van der Waals surface area contributed by atoms with Crippen LogP contribution < -0.4 is 11.2 Å². The van der Waals surface area contributed by atoms with Crippen molar-refractivity contribution in [2.45, 2.75) is 16.7 Å². The van der Waals surface area contributed by atoms with Gasteiger partial charge in [-0.2, -0.15) is 0 Å². The van der Waals surface area contributed by atoms with Crippen molar-refractivity contribution in [3.8, 4) is 0 Å². The third kappa shape index (κ3) is 1.87. The molecule has 5 amide bonds. The third-order valence-corrected chi connectivity index (χ3v) is 5.36. The molecule has 3 heterocycles. The van der Waals surface area contributed by atoms with Crippen molar-refractivity contribution in [3.63, 3.8) is 0 Å². The lowest BCUT2D eigenvalue weighted by Gasteiger charge is -2.33. The van der Waals surface area contributed by atoms with Crippen LogP contribution in [0.25, 0.3) is 0 Å². The van der Waals surface area contributed by atoms with Crippen molar-refractivity contribution < 1.29 is 24.3 Å². The summed E-state index contributed by atoms with van der Waals surface area (Å²) in [6.45, 7) is 0.218. The molecule has 2 unspecified atom stereocenters. The Morgan fingerprint density at radius 1 is 1.38 bits per heavy atom. The standard InChI is InChI=1S/C10H13N5O5S/c11-8(19)12-15-2-1-14(9(15)20)10(7(17)18)4-13-5(16)3-6(13)21-10/h6H,1-4H2,(H,17,18)(H3,11,12,19). The summed E-state index contributed by atoms with van der Waals surface area (Å²) in [5.74, 6) is -1.29. The second kappa shape index (κ2) is 4.41. The topological polar surface area (TPSA) is 136 Å². The molecule has 10 nitrogen and oxygen atoms in total. The summed E-state index contributed by atoms with van der Waals surface area (Å²) in [4.78, 5) is 47.4. The van der Waals surface area contributed by atoms with Gasteiger partial charge in [0.05, 0.1) is 24.9 Å². The minimum atomic E-state index is -1.51. The zero-order chi connectivity index (χ0) is 15.4. The number of carbonyl (C=O) groups excluding carboxylic acids is 3. The maximum Gasteiger partial charge on any atom is 0.342 e. The zero-order valence-corrected chi connectivity index (χ0v) is 11.6. The van der Waals surface area contributed by atoms with E-state index in [4.69, 9.17) is 5.73 Å². The summed E-state index contributed by atoms with van der Waals surface area (Å²) in [6, 6.07) is -1.54. The third-order valence-electron chi connectivity index (χ3n) is 3.76. The summed E-state index contributed by atoms with van der Waals surface area (Å²) in [5.41, 5.74) is 7.11. The van der Waals surface area contributed by atoms with Crippen LogP contribution in [0.3, 0.4) is 0 Å². The van der Waals surface area contributed by atoms with E-state index in [-0.39, 0.29) is 37.3 Å². The number of urea groups is 2. The number of carbonyl (C=O) groups is 4. The van der Waals surface area contributed by atoms with Gasteiger partial charge in [-0.05, 0) is 0 Å². The van der Waals surface area contributed by atoms with Gasteiger partial charge in [0, 0.05) is 6.54 Å². The lowest BCUT2D eigenvalue weighted by molar-refractivity contribution is -0.147. The van der Waals surface area contributed by atoms with Gasteiger partial charge >= 0.3 is 18.0 Å². The zero-order valence-electron chi connectivity index (χ0n) is 10.8. The highest BCUT2D eigenvalue weighted by Crippen LogP contribution is 2.49. The number of primary amides is 1. The summed E-state index contributed by atoms with van der Waals surface area (Å²) >= 11 is 1.08. The highest BCUT2D eigenvalue weighted by atomic mass is 32.2. The Hall–Kier alpha value is -2.17. The van der Waals surface area contributed by atoms with Crippen molar-refractivity contribution in [1.29, 1.82) is 0 Å². The summed E-state index contributed by atoms with van der Waals surface area (Å²) in [7, 11) is 0. The average molecular weight is 315 g/mol. The number of thioether (sulfide) groups is 1. The Balaban J connectivity index is 1.83. The van der Waals surface area contributed by atoms with Crippen LogP contribution in [0.5, 0.6) is 0 Å². The van der Waals surface area contributed by atoms with E-state index in [2.05, 4.69) is 5.43 Å². The second-order valence-corrected chi connectivity index (χ2v) is 6.40.